The van der Waals surface area contributed by atoms with Crippen LogP contribution in [0.5, 0.6) is 0 Å². The van der Waals surface area contributed by atoms with Crippen LogP contribution in [0.3, 0.4) is 0 Å². The zero-order valence-electron chi connectivity index (χ0n) is 14.4. The molecule has 2 fully saturated rings. The first kappa shape index (κ1) is 17.8. The highest BCUT2D eigenvalue weighted by Crippen LogP contribution is 2.51. The minimum Gasteiger partial charge on any atom is -0.480 e. The van der Waals surface area contributed by atoms with E-state index in [0.717, 1.165) is 37.5 Å². The van der Waals surface area contributed by atoms with E-state index in [1.807, 2.05) is 0 Å². The monoisotopic (exact) mass is 309 g/mol. The van der Waals surface area contributed by atoms with Gasteiger partial charge in [0.1, 0.15) is 6.04 Å². The topological polar surface area (TPSA) is 63.3 Å². The summed E-state index contributed by atoms with van der Waals surface area (Å²) in [7, 11) is 0. The van der Waals surface area contributed by atoms with E-state index in [9.17, 15) is 9.90 Å². The molecule has 2 aliphatic rings. The number of aliphatic carboxylic acids is 1. The van der Waals surface area contributed by atoms with Crippen LogP contribution in [0.1, 0.15) is 90.4 Å². The summed E-state index contributed by atoms with van der Waals surface area (Å²) in [5.74, 6) is 0.791. The Kier molecular flexibility index (Phi) is 6.73. The van der Waals surface area contributed by atoms with E-state index in [0.29, 0.717) is 0 Å². The fraction of sp³-hybridized carbons (Fsp3) is 0.947. The molecule has 128 valence electrons. The lowest BCUT2D eigenvalue weighted by Crippen LogP contribution is -2.48. The third-order valence-corrected chi connectivity index (χ3v) is 6.35. The molecule has 3 heteroatoms. The second-order valence-corrected chi connectivity index (χ2v) is 7.98. The molecule has 3 N–H and O–H groups in total. The van der Waals surface area contributed by atoms with Gasteiger partial charge >= 0.3 is 5.97 Å². The normalized spacial score (nSPS) is 32.6. The summed E-state index contributed by atoms with van der Waals surface area (Å²) in [6.07, 6.45) is 15.9. The molecular formula is C19H35NO2. The number of carboxylic acids is 1. The minimum absolute atomic E-state index is 0.129. The standard InChI is InChI=1S/C19H35NO2/c1-2-3-4-5-6-7-11-19(17(20)18(21)22)12-10-15-8-9-16(13-15)14-19/h15-17H,2-14,20H2,1H3,(H,21,22). The molecule has 4 atom stereocenters. The maximum atomic E-state index is 11.6. The van der Waals surface area contributed by atoms with Gasteiger partial charge in [0.15, 0.2) is 0 Å². The molecule has 0 radical (unpaired) electrons. The van der Waals surface area contributed by atoms with Crippen molar-refractivity contribution in [3.8, 4) is 0 Å². The first-order valence-electron chi connectivity index (χ1n) is 9.56. The zero-order chi connectivity index (χ0) is 16.0. The summed E-state index contributed by atoms with van der Waals surface area (Å²) in [6.45, 7) is 2.24. The van der Waals surface area contributed by atoms with Crippen molar-refractivity contribution in [2.45, 2.75) is 96.4 Å². The number of hydrogen-bond acceptors (Lipinski definition) is 2. The summed E-state index contributed by atoms with van der Waals surface area (Å²) >= 11 is 0. The largest absolute Gasteiger partial charge is 0.480 e. The van der Waals surface area contributed by atoms with E-state index in [1.165, 1.54) is 57.8 Å². The number of fused-ring (bicyclic) bond motifs is 2. The SMILES string of the molecule is CCCCCCCCC1(C(N)C(=O)O)CCC2CCC(C2)C1. The first-order chi connectivity index (χ1) is 10.6. The fourth-order valence-electron chi connectivity index (χ4n) is 4.98. The molecule has 2 aliphatic carbocycles. The molecule has 0 aromatic carbocycles. The van der Waals surface area contributed by atoms with Gasteiger partial charge in [0.25, 0.3) is 0 Å². The Hall–Kier alpha value is -0.570. The summed E-state index contributed by atoms with van der Waals surface area (Å²) in [5.41, 5.74) is 6.06. The number of rotatable bonds is 9. The van der Waals surface area contributed by atoms with Gasteiger partial charge in [-0.05, 0) is 49.4 Å². The van der Waals surface area contributed by atoms with Crippen molar-refractivity contribution in [2.75, 3.05) is 0 Å². The first-order valence-corrected chi connectivity index (χ1v) is 9.56. The van der Waals surface area contributed by atoms with Crippen LogP contribution in [0.15, 0.2) is 0 Å². The second kappa shape index (κ2) is 8.33. The second-order valence-electron chi connectivity index (χ2n) is 7.98. The van der Waals surface area contributed by atoms with E-state index in [4.69, 9.17) is 5.73 Å². The van der Waals surface area contributed by atoms with Gasteiger partial charge < -0.3 is 10.8 Å². The lowest BCUT2D eigenvalue weighted by molar-refractivity contribution is -0.142. The van der Waals surface area contributed by atoms with Crippen molar-refractivity contribution in [3.05, 3.63) is 0 Å². The van der Waals surface area contributed by atoms with E-state index in [-0.39, 0.29) is 5.41 Å². The van der Waals surface area contributed by atoms with E-state index >= 15 is 0 Å². The number of nitrogens with two attached hydrogens (primary N) is 1. The highest BCUT2D eigenvalue weighted by Gasteiger charge is 2.45. The van der Waals surface area contributed by atoms with Crippen molar-refractivity contribution < 1.29 is 9.90 Å². The van der Waals surface area contributed by atoms with Crippen molar-refractivity contribution in [2.24, 2.45) is 23.0 Å². The van der Waals surface area contributed by atoms with Crippen LogP contribution in [0, 0.1) is 17.3 Å². The van der Waals surface area contributed by atoms with Crippen LogP contribution in [0.2, 0.25) is 0 Å². The Labute approximate surface area is 136 Å². The van der Waals surface area contributed by atoms with Crippen LogP contribution in [0.4, 0.5) is 0 Å². The Balaban J connectivity index is 1.92. The van der Waals surface area contributed by atoms with Gasteiger partial charge in [-0.25, -0.2) is 0 Å². The molecule has 2 bridgehead atoms. The lowest BCUT2D eigenvalue weighted by Gasteiger charge is -2.39. The number of unbranched alkanes of at least 4 members (excludes halogenated alkanes) is 5. The molecule has 0 heterocycles. The van der Waals surface area contributed by atoms with Crippen LogP contribution < -0.4 is 5.73 Å². The molecule has 22 heavy (non-hydrogen) atoms. The Morgan fingerprint density at radius 3 is 2.55 bits per heavy atom. The van der Waals surface area contributed by atoms with Crippen LogP contribution in [0.25, 0.3) is 0 Å². The Morgan fingerprint density at radius 2 is 1.82 bits per heavy atom. The van der Waals surface area contributed by atoms with E-state index in [1.54, 1.807) is 0 Å². The quantitative estimate of drug-likeness (QED) is 0.605. The summed E-state index contributed by atoms with van der Waals surface area (Å²) < 4.78 is 0. The molecule has 0 aromatic rings. The number of hydrogen-bond donors (Lipinski definition) is 2. The van der Waals surface area contributed by atoms with Crippen molar-refractivity contribution in [1.29, 1.82) is 0 Å². The number of carboxylic acid groups (broad SMARTS) is 1. The predicted molar refractivity (Wildman–Crippen MR) is 90.7 cm³/mol. The van der Waals surface area contributed by atoms with Gasteiger partial charge in [0.05, 0.1) is 0 Å². The van der Waals surface area contributed by atoms with Gasteiger partial charge in [-0.15, -0.1) is 0 Å². The van der Waals surface area contributed by atoms with Gasteiger partial charge in [0.2, 0.25) is 0 Å². The summed E-state index contributed by atoms with van der Waals surface area (Å²) in [4.78, 5) is 11.6. The molecule has 0 aromatic heterocycles. The maximum absolute atomic E-state index is 11.6. The fourth-order valence-corrected chi connectivity index (χ4v) is 4.98. The minimum atomic E-state index is -0.788. The molecule has 0 aliphatic heterocycles. The Bertz CT molecular complexity index is 357. The van der Waals surface area contributed by atoms with Gasteiger partial charge in [0, 0.05) is 0 Å². The van der Waals surface area contributed by atoms with Crippen molar-refractivity contribution >= 4 is 5.97 Å². The molecule has 0 amide bonds. The van der Waals surface area contributed by atoms with Crippen molar-refractivity contribution in [1.82, 2.24) is 0 Å². The predicted octanol–water partition coefficient (Wildman–Crippen LogP) is 4.74. The lowest BCUT2D eigenvalue weighted by atomic mass is 9.67. The van der Waals surface area contributed by atoms with Crippen molar-refractivity contribution in [3.63, 3.8) is 0 Å². The molecule has 0 spiro atoms. The Morgan fingerprint density at radius 1 is 1.14 bits per heavy atom. The molecule has 2 rings (SSSR count). The molecule has 3 nitrogen and oxygen atoms in total. The van der Waals surface area contributed by atoms with Gasteiger partial charge in [-0.1, -0.05) is 58.3 Å². The number of carbonyl (C=O) groups is 1. The highest BCUT2D eigenvalue weighted by molar-refractivity contribution is 5.74. The average Bonchev–Trinajstić information content (AvgIpc) is 2.84. The van der Waals surface area contributed by atoms with Crippen LogP contribution in [-0.2, 0) is 4.79 Å². The molecular weight excluding hydrogens is 274 g/mol. The van der Waals surface area contributed by atoms with Gasteiger partial charge in [-0.3, -0.25) is 4.79 Å². The third-order valence-electron chi connectivity index (χ3n) is 6.35. The van der Waals surface area contributed by atoms with Crippen LogP contribution >= 0.6 is 0 Å². The summed E-state index contributed by atoms with van der Waals surface area (Å²) in [6, 6.07) is -0.664. The zero-order valence-corrected chi connectivity index (χ0v) is 14.4. The smallest absolute Gasteiger partial charge is 0.321 e. The molecule has 4 unspecified atom stereocenters. The summed E-state index contributed by atoms with van der Waals surface area (Å²) in [5, 5.41) is 9.51. The highest BCUT2D eigenvalue weighted by atomic mass is 16.4. The average molecular weight is 309 g/mol. The maximum Gasteiger partial charge on any atom is 0.321 e. The van der Waals surface area contributed by atoms with Gasteiger partial charge in [-0.2, -0.15) is 0 Å². The van der Waals surface area contributed by atoms with Crippen LogP contribution in [-0.4, -0.2) is 17.1 Å². The third kappa shape index (κ3) is 4.47. The van der Waals surface area contributed by atoms with E-state index < -0.39 is 12.0 Å². The van der Waals surface area contributed by atoms with E-state index in [2.05, 4.69) is 6.92 Å². The molecule has 0 saturated heterocycles. The molecule has 2 saturated carbocycles.